The molecule has 0 amide bonds. The number of nitrogens with one attached hydrogen (secondary N) is 1. The number of nitrogens with zero attached hydrogens (tertiary/aromatic N) is 3. The van der Waals surface area contributed by atoms with Crippen molar-refractivity contribution in [3.63, 3.8) is 0 Å². The highest BCUT2D eigenvalue weighted by Crippen LogP contribution is 2.32. The van der Waals surface area contributed by atoms with Gasteiger partial charge in [-0.2, -0.15) is 13.2 Å². The van der Waals surface area contributed by atoms with Crippen LogP contribution in [0.15, 0.2) is 24.4 Å². The number of anilines is 1. The molecule has 0 radical (unpaired) electrons. The fourth-order valence-corrected chi connectivity index (χ4v) is 1.65. The maximum atomic E-state index is 12.6. The minimum Gasteiger partial charge on any atom is -0.379 e. The molecule has 2 rings (SSSR count). The number of alkyl halides is 3. The van der Waals surface area contributed by atoms with Crippen molar-refractivity contribution in [1.29, 1.82) is 0 Å². The molecule has 1 aromatic heterocycles. The lowest BCUT2D eigenvalue weighted by Gasteiger charge is -2.12. The molecule has 1 N–H and O–H groups in total. The van der Waals surface area contributed by atoms with Gasteiger partial charge in [0, 0.05) is 18.9 Å². The summed E-state index contributed by atoms with van der Waals surface area (Å²) in [5.41, 5.74) is 1.19. The first-order chi connectivity index (χ1) is 8.86. The Morgan fingerprint density at radius 1 is 1.32 bits per heavy atom. The van der Waals surface area contributed by atoms with Gasteiger partial charge in [0.05, 0.1) is 12.1 Å². The summed E-state index contributed by atoms with van der Waals surface area (Å²) in [5.74, 6) is 0. The van der Waals surface area contributed by atoms with E-state index in [0.717, 1.165) is 17.7 Å². The molecule has 0 aliphatic rings. The first-order valence-electron chi connectivity index (χ1n) is 5.63. The maximum Gasteiger partial charge on any atom is 0.416 e. The first kappa shape index (κ1) is 13.4. The molecule has 7 heteroatoms. The third-order valence-corrected chi connectivity index (χ3v) is 2.67. The summed E-state index contributed by atoms with van der Waals surface area (Å²) < 4.78 is 39.4. The lowest BCUT2D eigenvalue weighted by Crippen LogP contribution is -2.07. The van der Waals surface area contributed by atoms with Crippen molar-refractivity contribution in [2.75, 3.05) is 5.32 Å². The monoisotopic (exact) mass is 270 g/mol. The van der Waals surface area contributed by atoms with Crippen molar-refractivity contribution < 1.29 is 13.2 Å². The van der Waals surface area contributed by atoms with E-state index in [1.165, 1.54) is 10.7 Å². The van der Waals surface area contributed by atoms with Crippen LogP contribution in [0.1, 0.15) is 16.8 Å². The third-order valence-electron chi connectivity index (χ3n) is 2.67. The second kappa shape index (κ2) is 4.91. The third kappa shape index (κ3) is 3.24. The van der Waals surface area contributed by atoms with E-state index in [0.29, 0.717) is 17.9 Å². The summed E-state index contributed by atoms with van der Waals surface area (Å²) in [4.78, 5) is 0. The number of aryl methyl sites for hydroxylation is 2. The fourth-order valence-electron chi connectivity index (χ4n) is 1.65. The minimum atomic E-state index is -4.34. The average Bonchev–Trinajstić information content (AvgIpc) is 2.72. The molecule has 1 aromatic carbocycles. The average molecular weight is 270 g/mol. The second-order valence-electron chi connectivity index (χ2n) is 4.26. The zero-order valence-corrected chi connectivity index (χ0v) is 10.5. The van der Waals surface area contributed by atoms with Gasteiger partial charge >= 0.3 is 6.18 Å². The summed E-state index contributed by atoms with van der Waals surface area (Å²) in [6, 6.07) is 3.62. The summed E-state index contributed by atoms with van der Waals surface area (Å²) in [5, 5.41) is 10.6. The molecule has 0 unspecified atom stereocenters. The molecule has 0 fully saturated rings. The van der Waals surface area contributed by atoms with Gasteiger partial charge in [0.2, 0.25) is 0 Å². The molecular formula is C12H13F3N4. The van der Waals surface area contributed by atoms with Crippen LogP contribution in [0, 0.1) is 6.92 Å². The van der Waals surface area contributed by atoms with E-state index in [4.69, 9.17) is 0 Å². The number of rotatable bonds is 3. The van der Waals surface area contributed by atoms with Crippen LogP contribution in [0.3, 0.4) is 0 Å². The lowest BCUT2D eigenvalue weighted by molar-refractivity contribution is -0.137. The lowest BCUT2D eigenvalue weighted by atomic mass is 10.1. The summed E-state index contributed by atoms with van der Waals surface area (Å²) >= 11 is 0. The Balaban J connectivity index is 2.15. The molecule has 0 spiro atoms. The Hall–Kier alpha value is -2.05. The Morgan fingerprint density at radius 2 is 2.05 bits per heavy atom. The molecule has 2 aromatic rings. The van der Waals surface area contributed by atoms with Gasteiger partial charge in [0.15, 0.2) is 0 Å². The van der Waals surface area contributed by atoms with Crippen molar-refractivity contribution in [3.8, 4) is 0 Å². The van der Waals surface area contributed by atoms with E-state index in [1.54, 1.807) is 20.2 Å². The van der Waals surface area contributed by atoms with Gasteiger partial charge < -0.3 is 5.32 Å². The Morgan fingerprint density at radius 3 is 2.63 bits per heavy atom. The predicted molar refractivity (Wildman–Crippen MR) is 64.5 cm³/mol. The molecule has 0 aliphatic carbocycles. The van der Waals surface area contributed by atoms with Gasteiger partial charge in [-0.15, -0.1) is 5.10 Å². The smallest absolute Gasteiger partial charge is 0.379 e. The number of benzene rings is 1. The molecule has 102 valence electrons. The molecule has 0 atom stereocenters. The normalized spacial score (nSPS) is 11.6. The SMILES string of the molecule is Cc1ccc(C(F)(F)F)cc1NCc1cn(C)nn1. The summed E-state index contributed by atoms with van der Waals surface area (Å²) in [6.45, 7) is 2.08. The number of aromatic nitrogens is 3. The van der Waals surface area contributed by atoms with Crippen molar-refractivity contribution >= 4 is 5.69 Å². The van der Waals surface area contributed by atoms with Crippen LogP contribution in [0.4, 0.5) is 18.9 Å². The standard InChI is InChI=1S/C12H13F3N4/c1-8-3-4-9(12(13,14)15)5-11(8)16-6-10-7-19(2)18-17-10/h3-5,7,16H,6H2,1-2H3. The number of hydrogen-bond donors (Lipinski definition) is 1. The van der Waals surface area contributed by atoms with E-state index in [-0.39, 0.29) is 0 Å². The van der Waals surface area contributed by atoms with E-state index >= 15 is 0 Å². The van der Waals surface area contributed by atoms with Crippen LogP contribution in [0.5, 0.6) is 0 Å². The molecule has 0 saturated heterocycles. The Kier molecular flexibility index (Phi) is 3.46. The van der Waals surface area contributed by atoms with Crippen molar-refractivity contribution in [1.82, 2.24) is 15.0 Å². The van der Waals surface area contributed by atoms with E-state index < -0.39 is 11.7 Å². The number of hydrogen-bond acceptors (Lipinski definition) is 3. The van der Waals surface area contributed by atoms with Gasteiger partial charge in [0.25, 0.3) is 0 Å². The molecule has 0 saturated carbocycles. The first-order valence-corrected chi connectivity index (χ1v) is 5.63. The minimum absolute atomic E-state index is 0.329. The molecule has 1 heterocycles. The highest BCUT2D eigenvalue weighted by molar-refractivity contribution is 5.53. The topological polar surface area (TPSA) is 42.7 Å². The quantitative estimate of drug-likeness (QED) is 0.932. The highest BCUT2D eigenvalue weighted by Gasteiger charge is 2.30. The van der Waals surface area contributed by atoms with Crippen LogP contribution < -0.4 is 5.32 Å². The number of halogens is 3. The summed E-state index contributed by atoms with van der Waals surface area (Å²) in [7, 11) is 1.73. The van der Waals surface area contributed by atoms with Crippen LogP contribution >= 0.6 is 0 Å². The van der Waals surface area contributed by atoms with E-state index in [1.807, 2.05) is 0 Å². The molecule has 4 nitrogen and oxygen atoms in total. The molecule has 0 bridgehead atoms. The van der Waals surface area contributed by atoms with Crippen molar-refractivity contribution in [2.24, 2.45) is 7.05 Å². The fraction of sp³-hybridized carbons (Fsp3) is 0.333. The van der Waals surface area contributed by atoms with E-state index in [9.17, 15) is 13.2 Å². The molecule has 0 aliphatic heterocycles. The van der Waals surface area contributed by atoms with Crippen LogP contribution in [0.25, 0.3) is 0 Å². The summed E-state index contributed by atoms with van der Waals surface area (Å²) in [6.07, 6.45) is -2.63. The zero-order chi connectivity index (χ0) is 14.0. The van der Waals surface area contributed by atoms with Gasteiger partial charge in [-0.25, -0.2) is 0 Å². The van der Waals surface area contributed by atoms with Crippen molar-refractivity contribution in [3.05, 3.63) is 41.2 Å². The van der Waals surface area contributed by atoms with Crippen LogP contribution in [-0.4, -0.2) is 15.0 Å². The highest BCUT2D eigenvalue weighted by atomic mass is 19.4. The zero-order valence-electron chi connectivity index (χ0n) is 10.5. The molecular weight excluding hydrogens is 257 g/mol. The van der Waals surface area contributed by atoms with Gasteiger partial charge in [-0.1, -0.05) is 11.3 Å². The van der Waals surface area contributed by atoms with E-state index in [2.05, 4.69) is 15.6 Å². The second-order valence-corrected chi connectivity index (χ2v) is 4.26. The molecule has 19 heavy (non-hydrogen) atoms. The van der Waals surface area contributed by atoms with Crippen molar-refractivity contribution in [2.45, 2.75) is 19.6 Å². The van der Waals surface area contributed by atoms with Gasteiger partial charge in [-0.05, 0) is 24.6 Å². The predicted octanol–water partition coefficient (Wildman–Crippen LogP) is 2.75. The largest absolute Gasteiger partial charge is 0.416 e. The van der Waals surface area contributed by atoms with Crippen LogP contribution in [-0.2, 0) is 19.8 Å². The van der Waals surface area contributed by atoms with Gasteiger partial charge in [-0.3, -0.25) is 4.68 Å². The van der Waals surface area contributed by atoms with Gasteiger partial charge in [0.1, 0.15) is 5.69 Å². The van der Waals surface area contributed by atoms with Crippen LogP contribution in [0.2, 0.25) is 0 Å². The Bertz CT molecular complexity index is 575. The maximum absolute atomic E-state index is 12.6. The Labute approximate surface area is 108 Å².